The highest BCUT2D eigenvalue weighted by atomic mass is 35.5. The topological polar surface area (TPSA) is 86.4 Å². The number of nitrogens with one attached hydrogen (secondary N) is 1. The van der Waals surface area contributed by atoms with Gasteiger partial charge >= 0.3 is 0 Å². The minimum atomic E-state index is -3.68. The first-order chi connectivity index (χ1) is 15.3. The highest BCUT2D eigenvalue weighted by Gasteiger charge is 2.30. The van der Waals surface area contributed by atoms with Gasteiger partial charge in [0.25, 0.3) is 5.91 Å². The van der Waals surface area contributed by atoms with Crippen LogP contribution in [0.4, 0.5) is 0 Å². The molecule has 1 amide bonds. The highest BCUT2D eigenvalue weighted by Crippen LogP contribution is 2.30. The molecule has 1 saturated heterocycles. The van der Waals surface area contributed by atoms with E-state index in [-0.39, 0.29) is 27.3 Å². The van der Waals surface area contributed by atoms with Gasteiger partial charge < -0.3 is 9.88 Å². The first-order valence-corrected chi connectivity index (χ1v) is 12.7. The summed E-state index contributed by atoms with van der Waals surface area (Å²) in [5, 5.41) is 0.249. The van der Waals surface area contributed by atoms with Crippen molar-refractivity contribution in [2.45, 2.75) is 37.5 Å². The van der Waals surface area contributed by atoms with Gasteiger partial charge in [0.15, 0.2) is 0 Å². The van der Waals surface area contributed by atoms with E-state index in [0.29, 0.717) is 26.2 Å². The Morgan fingerprint density at radius 1 is 1.22 bits per heavy atom. The second kappa shape index (κ2) is 9.21. The molecule has 4 rings (SSSR count). The van der Waals surface area contributed by atoms with E-state index in [1.165, 1.54) is 22.5 Å². The van der Waals surface area contributed by atoms with Crippen LogP contribution in [0.25, 0.3) is 11.0 Å². The maximum atomic E-state index is 13.4. The van der Waals surface area contributed by atoms with Gasteiger partial charge in [-0.3, -0.25) is 4.79 Å². The number of carbonyl (C=O) groups is 1. The third-order valence-electron chi connectivity index (χ3n) is 6.01. The van der Waals surface area contributed by atoms with Gasteiger partial charge in [-0.1, -0.05) is 37.6 Å². The van der Waals surface area contributed by atoms with E-state index >= 15 is 0 Å². The maximum absolute atomic E-state index is 13.4. The summed E-state index contributed by atoms with van der Waals surface area (Å²) in [4.78, 5) is 23.3. The van der Waals surface area contributed by atoms with E-state index in [2.05, 4.69) is 4.98 Å². The number of amides is 1. The minimum absolute atomic E-state index is 0.0831. The summed E-state index contributed by atoms with van der Waals surface area (Å²) in [6, 6.07) is 12.2. The number of halogens is 1. The number of hydrogen-bond donors (Lipinski definition) is 1. The molecule has 1 atom stereocenters. The monoisotopic (exact) mass is 474 g/mol. The number of imidazole rings is 1. The number of fused-ring (bicyclic) bond motifs is 1. The van der Waals surface area contributed by atoms with Crippen LogP contribution in [0, 0.1) is 0 Å². The maximum Gasteiger partial charge on any atom is 0.255 e. The Morgan fingerprint density at radius 2 is 1.97 bits per heavy atom. The first-order valence-electron chi connectivity index (χ1n) is 10.9. The van der Waals surface area contributed by atoms with Gasteiger partial charge in [-0.15, -0.1) is 0 Å². The van der Waals surface area contributed by atoms with Gasteiger partial charge in [-0.25, -0.2) is 13.4 Å². The summed E-state index contributed by atoms with van der Waals surface area (Å²) >= 11 is 6.34. The predicted octanol–water partition coefficient (Wildman–Crippen LogP) is 4.27. The average Bonchev–Trinajstić information content (AvgIpc) is 3.24. The Morgan fingerprint density at radius 3 is 2.69 bits per heavy atom. The van der Waals surface area contributed by atoms with Crippen LogP contribution in [0.2, 0.25) is 5.02 Å². The van der Waals surface area contributed by atoms with Gasteiger partial charge in [0.2, 0.25) is 10.0 Å². The van der Waals surface area contributed by atoms with Crippen molar-refractivity contribution in [3.8, 4) is 0 Å². The van der Waals surface area contributed by atoms with Crippen molar-refractivity contribution in [1.29, 1.82) is 0 Å². The molecule has 0 spiro atoms. The van der Waals surface area contributed by atoms with Crippen LogP contribution in [0.3, 0.4) is 0 Å². The molecule has 9 heteroatoms. The van der Waals surface area contributed by atoms with Crippen LogP contribution in [0.15, 0.2) is 47.4 Å². The van der Waals surface area contributed by atoms with E-state index in [0.717, 1.165) is 29.7 Å². The van der Waals surface area contributed by atoms with Crippen LogP contribution in [0.5, 0.6) is 0 Å². The van der Waals surface area contributed by atoms with Gasteiger partial charge in [0, 0.05) is 32.1 Å². The van der Waals surface area contributed by atoms with Gasteiger partial charge in [0.05, 0.1) is 26.5 Å². The Hall–Kier alpha value is -2.42. The van der Waals surface area contributed by atoms with Crippen LogP contribution >= 0.6 is 11.6 Å². The average molecular weight is 475 g/mol. The number of carbonyl (C=O) groups excluding carboxylic acids is 1. The zero-order valence-corrected chi connectivity index (χ0v) is 19.8. The molecule has 170 valence electrons. The number of aromatic nitrogens is 2. The summed E-state index contributed by atoms with van der Waals surface area (Å²) in [7, 11) is -3.68. The molecule has 1 aliphatic heterocycles. The Labute approximate surface area is 193 Å². The number of benzene rings is 2. The number of H-pyrrole nitrogens is 1. The molecule has 1 fully saturated rings. The lowest BCUT2D eigenvalue weighted by atomic mass is 9.96. The SMILES string of the molecule is CCN(CC)S(=O)(=O)c1ccc(Cl)c(C(=O)N2CCCC(c3nc4ccccc4[nH]3)C2)c1. The highest BCUT2D eigenvalue weighted by molar-refractivity contribution is 7.89. The van der Waals surface area contributed by atoms with Gasteiger partial charge in [-0.2, -0.15) is 4.31 Å². The molecule has 0 aliphatic carbocycles. The van der Waals surface area contributed by atoms with Gasteiger partial charge in [0.1, 0.15) is 5.82 Å². The third kappa shape index (κ3) is 4.27. The molecule has 1 aliphatic rings. The molecule has 0 bridgehead atoms. The number of para-hydroxylation sites is 2. The molecule has 2 aromatic carbocycles. The van der Waals surface area contributed by atoms with Crippen LogP contribution in [0.1, 0.15) is 48.8 Å². The number of likely N-dealkylation sites (tertiary alicyclic amines) is 1. The van der Waals surface area contributed by atoms with Crippen molar-refractivity contribution in [2.24, 2.45) is 0 Å². The van der Waals surface area contributed by atoms with E-state index in [1.54, 1.807) is 18.7 Å². The quantitative estimate of drug-likeness (QED) is 0.578. The van der Waals surface area contributed by atoms with Crippen molar-refractivity contribution in [2.75, 3.05) is 26.2 Å². The summed E-state index contributed by atoms with van der Waals surface area (Å²) in [6.45, 7) is 5.39. The number of sulfonamides is 1. The number of hydrogen-bond acceptors (Lipinski definition) is 4. The van der Waals surface area contributed by atoms with E-state index < -0.39 is 10.0 Å². The molecule has 7 nitrogen and oxygen atoms in total. The lowest BCUT2D eigenvalue weighted by molar-refractivity contribution is 0.0705. The fourth-order valence-corrected chi connectivity index (χ4v) is 5.95. The second-order valence-electron chi connectivity index (χ2n) is 7.96. The zero-order chi connectivity index (χ0) is 22.9. The summed E-state index contributed by atoms with van der Waals surface area (Å²) in [6.07, 6.45) is 1.76. The lowest BCUT2D eigenvalue weighted by Crippen LogP contribution is -2.39. The molecular weight excluding hydrogens is 448 g/mol. The summed E-state index contributed by atoms with van der Waals surface area (Å²) in [5.41, 5.74) is 2.09. The standard InChI is InChI=1S/C23H27ClN4O3S/c1-3-28(4-2)32(30,31)17-11-12-19(24)18(14-17)23(29)27-13-7-8-16(15-27)22-25-20-9-5-6-10-21(20)26-22/h5-6,9-12,14,16H,3-4,7-8,13,15H2,1-2H3,(H,25,26). The Kier molecular flexibility index (Phi) is 6.55. The van der Waals surface area contributed by atoms with Crippen LogP contribution in [-0.2, 0) is 10.0 Å². The molecule has 2 heterocycles. The van der Waals surface area contributed by atoms with Crippen molar-refractivity contribution in [3.05, 3.63) is 58.9 Å². The molecule has 0 radical (unpaired) electrons. The van der Waals surface area contributed by atoms with Crippen molar-refractivity contribution in [3.63, 3.8) is 0 Å². The number of nitrogens with zero attached hydrogens (tertiary/aromatic N) is 3. The third-order valence-corrected chi connectivity index (χ3v) is 8.39. The molecule has 3 aromatic rings. The lowest BCUT2D eigenvalue weighted by Gasteiger charge is -2.32. The largest absolute Gasteiger partial charge is 0.342 e. The molecule has 1 aromatic heterocycles. The molecule has 1 N–H and O–H groups in total. The van der Waals surface area contributed by atoms with Crippen molar-refractivity contribution in [1.82, 2.24) is 19.2 Å². The summed E-state index contributed by atoms with van der Waals surface area (Å²) in [5.74, 6) is 0.696. The normalized spacial score (nSPS) is 17.2. The Bertz CT molecular complexity index is 1200. The number of rotatable bonds is 6. The second-order valence-corrected chi connectivity index (χ2v) is 10.3. The first kappa shape index (κ1) is 22.8. The van der Waals surface area contributed by atoms with E-state index in [4.69, 9.17) is 16.6 Å². The smallest absolute Gasteiger partial charge is 0.255 e. The van der Waals surface area contributed by atoms with Crippen LogP contribution in [-0.4, -0.2) is 59.7 Å². The zero-order valence-electron chi connectivity index (χ0n) is 18.2. The van der Waals surface area contributed by atoms with Crippen molar-refractivity contribution < 1.29 is 13.2 Å². The molecule has 0 saturated carbocycles. The molecular formula is C23H27ClN4O3S. The minimum Gasteiger partial charge on any atom is -0.342 e. The fourth-order valence-electron chi connectivity index (χ4n) is 4.26. The summed E-state index contributed by atoms with van der Waals surface area (Å²) < 4.78 is 27.2. The molecule has 1 unspecified atom stereocenters. The number of aromatic amines is 1. The fraction of sp³-hybridized carbons (Fsp3) is 0.391. The van der Waals surface area contributed by atoms with E-state index in [1.807, 2.05) is 24.3 Å². The number of piperidine rings is 1. The Balaban J connectivity index is 1.59. The van der Waals surface area contributed by atoms with Crippen LogP contribution < -0.4 is 0 Å². The van der Waals surface area contributed by atoms with Gasteiger partial charge in [-0.05, 0) is 43.2 Å². The molecule has 32 heavy (non-hydrogen) atoms. The van der Waals surface area contributed by atoms with E-state index in [9.17, 15) is 13.2 Å². The van der Waals surface area contributed by atoms with Crippen molar-refractivity contribution >= 4 is 38.6 Å². The predicted molar refractivity (Wildman–Crippen MR) is 126 cm³/mol.